The molecular formula is C10H14ClN3O2S. The van der Waals surface area contributed by atoms with E-state index in [0.29, 0.717) is 0 Å². The lowest BCUT2D eigenvalue weighted by Gasteiger charge is -2.20. The predicted octanol–water partition coefficient (Wildman–Crippen LogP) is 0.972. The highest BCUT2D eigenvalue weighted by molar-refractivity contribution is 7.99. The number of nitrogens with zero attached hydrogens (tertiary/aromatic N) is 2. The molecule has 0 fully saturated rings. The fourth-order valence-corrected chi connectivity index (χ4v) is 2.03. The van der Waals surface area contributed by atoms with E-state index in [0.717, 1.165) is 0 Å². The van der Waals surface area contributed by atoms with E-state index < -0.39 is 0 Å². The summed E-state index contributed by atoms with van der Waals surface area (Å²) in [4.78, 5) is 19.4. The molecule has 0 saturated heterocycles. The van der Waals surface area contributed by atoms with Crippen LogP contribution in [0, 0.1) is 0 Å². The van der Waals surface area contributed by atoms with E-state index in [9.17, 15) is 4.79 Å². The van der Waals surface area contributed by atoms with Crippen LogP contribution in [0.25, 0.3) is 0 Å². The van der Waals surface area contributed by atoms with Gasteiger partial charge >= 0.3 is 0 Å². The number of carbonyl (C=O) groups excluding carboxylic acids is 1. The molecule has 1 heterocycles. The topological polar surface area (TPSA) is 75.1 Å². The van der Waals surface area contributed by atoms with Gasteiger partial charge in [-0.2, -0.15) is 11.8 Å². The Labute approximate surface area is 109 Å². The van der Waals surface area contributed by atoms with E-state index in [1.54, 1.807) is 0 Å². The van der Waals surface area contributed by atoms with Gasteiger partial charge < -0.3 is 10.4 Å². The molecule has 0 saturated carbocycles. The lowest BCUT2D eigenvalue weighted by atomic mass is 10.2. The van der Waals surface area contributed by atoms with Crippen LogP contribution in [0.3, 0.4) is 0 Å². The summed E-state index contributed by atoms with van der Waals surface area (Å²) in [7, 11) is 0. The van der Waals surface area contributed by atoms with Gasteiger partial charge in [0.2, 0.25) is 0 Å². The number of amides is 1. The van der Waals surface area contributed by atoms with Crippen LogP contribution < -0.4 is 5.32 Å². The second-order valence-electron chi connectivity index (χ2n) is 3.45. The minimum absolute atomic E-state index is 0.00381. The summed E-state index contributed by atoms with van der Waals surface area (Å²) in [5.74, 6) is -0.347. The van der Waals surface area contributed by atoms with Gasteiger partial charge in [-0.15, -0.1) is 0 Å². The molecule has 1 rings (SSSR count). The summed E-state index contributed by atoms with van der Waals surface area (Å²) >= 11 is 7.14. The van der Waals surface area contributed by atoms with E-state index >= 15 is 0 Å². The number of aliphatic hydroxyl groups is 1. The largest absolute Gasteiger partial charge is 0.395 e. The Morgan fingerprint density at radius 2 is 2.35 bits per heavy atom. The fourth-order valence-electron chi connectivity index (χ4n) is 1.26. The summed E-state index contributed by atoms with van der Waals surface area (Å²) in [6.45, 7) is 1.83. The van der Waals surface area contributed by atoms with E-state index in [2.05, 4.69) is 15.3 Å². The van der Waals surface area contributed by atoms with Crippen LogP contribution >= 0.6 is 23.4 Å². The molecule has 5 nitrogen and oxygen atoms in total. The highest BCUT2D eigenvalue weighted by atomic mass is 35.5. The second-order valence-corrected chi connectivity index (χ2v) is 4.91. The number of aromatic nitrogens is 2. The first-order chi connectivity index (χ1) is 8.08. The van der Waals surface area contributed by atoms with Gasteiger partial charge in [-0.05, 0) is 13.2 Å². The first-order valence-electron chi connectivity index (χ1n) is 5.00. The van der Waals surface area contributed by atoms with E-state index in [-0.39, 0.29) is 34.7 Å². The standard InChI is InChI=1S/C10H14ClN3O2S/c1-6(8(5-15)17-2)13-10(16)7-3-12-4-9(11)14-7/h3-4,6,8,15H,5H2,1-2H3,(H,13,16). The number of hydrogen-bond acceptors (Lipinski definition) is 5. The lowest BCUT2D eigenvalue weighted by molar-refractivity contribution is 0.0930. The van der Waals surface area contributed by atoms with E-state index in [1.807, 2.05) is 13.2 Å². The molecule has 7 heteroatoms. The Morgan fingerprint density at radius 3 is 2.88 bits per heavy atom. The predicted molar refractivity (Wildman–Crippen MR) is 68.4 cm³/mol. The van der Waals surface area contributed by atoms with Crippen molar-refractivity contribution < 1.29 is 9.90 Å². The van der Waals surface area contributed by atoms with Crippen LogP contribution in [-0.4, -0.2) is 45.1 Å². The van der Waals surface area contributed by atoms with Crippen molar-refractivity contribution in [2.45, 2.75) is 18.2 Å². The van der Waals surface area contributed by atoms with Crippen molar-refractivity contribution in [3.05, 3.63) is 23.2 Å². The maximum Gasteiger partial charge on any atom is 0.271 e. The average molecular weight is 276 g/mol. The summed E-state index contributed by atoms with van der Waals surface area (Å²) < 4.78 is 0. The van der Waals surface area contributed by atoms with Crippen LogP contribution in [0.2, 0.25) is 5.15 Å². The van der Waals surface area contributed by atoms with Crippen molar-refractivity contribution in [1.82, 2.24) is 15.3 Å². The van der Waals surface area contributed by atoms with Crippen molar-refractivity contribution in [1.29, 1.82) is 0 Å². The van der Waals surface area contributed by atoms with Crippen LogP contribution in [0.4, 0.5) is 0 Å². The SMILES string of the molecule is CSC(CO)C(C)NC(=O)c1cncc(Cl)n1. The second kappa shape index (κ2) is 6.78. The molecule has 2 N–H and O–H groups in total. The molecule has 1 aromatic heterocycles. The Kier molecular flexibility index (Phi) is 5.67. The lowest BCUT2D eigenvalue weighted by Crippen LogP contribution is -2.41. The minimum Gasteiger partial charge on any atom is -0.395 e. The zero-order valence-electron chi connectivity index (χ0n) is 9.55. The quantitative estimate of drug-likeness (QED) is 0.838. The van der Waals surface area contributed by atoms with Gasteiger partial charge in [-0.3, -0.25) is 9.78 Å². The first-order valence-corrected chi connectivity index (χ1v) is 6.67. The number of rotatable bonds is 5. The molecule has 1 amide bonds. The van der Waals surface area contributed by atoms with Crippen molar-refractivity contribution in [3.8, 4) is 0 Å². The zero-order valence-corrected chi connectivity index (χ0v) is 11.1. The highest BCUT2D eigenvalue weighted by Gasteiger charge is 2.19. The monoisotopic (exact) mass is 275 g/mol. The van der Waals surface area contributed by atoms with Crippen LogP contribution in [-0.2, 0) is 0 Å². The molecule has 2 atom stereocenters. The summed E-state index contributed by atoms with van der Waals surface area (Å²) in [5, 5.41) is 12.0. The molecule has 0 aliphatic rings. The van der Waals surface area contributed by atoms with Crippen LogP contribution in [0.15, 0.2) is 12.4 Å². The van der Waals surface area contributed by atoms with Gasteiger partial charge in [0.1, 0.15) is 10.8 Å². The normalized spacial score (nSPS) is 14.1. The number of carbonyl (C=O) groups is 1. The Balaban J connectivity index is 2.66. The number of aliphatic hydroxyl groups excluding tert-OH is 1. The maximum atomic E-state index is 11.8. The van der Waals surface area contributed by atoms with Crippen molar-refractivity contribution in [2.24, 2.45) is 0 Å². The van der Waals surface area contributed by atoms with Gasteiger partial charge in [-0.25, -0.2) is 4.98 Å². The molecule has 0 aliphatic heterocycles. The Morgan fingerprint density at radius 1 is 1.65 bits per heavy atom. The molecule has 2 unspecified atom stereocenters. The molecule has 0 bridgehead atoms. The Bertz CT molecular complexity index is 388. The molecule has 0 radical (unpaired) electrons. The van der Waals surface area contributed by atoms with Crippen molar-refractivity contribution in [3.63, 3.8) is 0 Å². The summed E-state index contributed by atoms with van der Waals surface area (Å²) in [6.07, 6.45) is 4.59. The zero-order chi connectivity index (χ0) is 12.8. The van der Waals surface area contributed by atoms with Gasteiger partial charge in [0.05, 0.1) is 19.0 Å². The van der Waals surface area contributed by atoms with E-state index in [1.165, 1.54) is 24.2 Å². The third-order valence-corrected chi connectivity index (χ3v) is 3.58. The van der Waals surface area contributed by atoms with Crippen LogP contribution in [0.5, 0.6) is 0 Å². The van der Waals surface area contributed by atoms with Gasteiger partial charge in [0.15, 0.2) is 0 Å². The maximum absolute atomic E-state index is 11.8. The third-order valence-electron chi connectivity index (χ3n) is 2.24. The molecule has 0 spiro atoms. The molecule has 0 aliphatic carbocycles. The fraction of sp³-hybridized carbons (Fsp3) is 0.500. The van der Waals surface area contributed by atoms with Gasteiger partial charge in [0, 0.05) is 11.3 Å². The van der Waals surface area contributed by atoms with Crippen molar-refractivity contribution in [2.75, 3.05) is 12.9 Å². The van der Waals surface area contributed by atoms with E-state index in [4.69, 9.17) is 16.7 Å². The van der Waals surface area contributed by atoms with Crippen LogP contribution in [0.1, 0.15) is 17.4 Å². The number of hydrogen-bond donors (Lipinski definition) is 2. The average Bonchev–Trinajstić information content (AvgIpc) is 2.30. The molecule has 94 valence electrons. The smallest absolute Gasteiger partial charge is 0.271 e. The van der Waals surface area contributed by atoms with Gasteiger partial charge in [-0.1, -0.05) is 11.6 Å². The highest BCUT2D eigenvalue weighted by Crippen LogP contribution is 2.11. The molecule has 0 aromatic carbocycles. The van der Waals surface area contributed by atoms with Crippen molar-refractivity contribution >= 4 is 29.3 Å². The molecular weight excluding hydrogens is 262 g/mol. The minimum atomic E-state index is -0.347. The molecule has 1 aromatic rings. The first kappa shape index (κ1) is 14.2. The Hall–Kier alpha value is -0.850. The van der Waals surface area contributed by atoms with Gasteiger partial charge in [0.25, 0.3) is 5.91 Å². The number of nitrogens with one attached hydrogen (secondary N) is 1. The number of thioether (sulfide) groups is 1. The number of halogens is 1. The molecule has 17 heavy (non-hydrogen) atoms. The summed E-state index contributed by atoms with van der Waals surface area (Å²) in [5.41, 5.74) is 0.169. The third kappa shape index (κ3) is 4.14. The summed E-state index contributed by atoms with van der Waals surface area (Å²) in [6, 6.07) is -0.164.